The highest BCUT2D eigenvalue weighted by Crippen LogP contribution is 2.15. The summed E-state index contributed by atoms with van der Waals surface area (Å²) in [7, 11) is 0. The van der Waals surface area contributed by atoms with Crippen LogP contribution in [0.2, 0.25) is 0 Å². The minimum atomic E-state index is -0.264. The van der Waals surface area contributed by atoms with E-state index in [-0.39, 0.29) is 29.5 Å². The molecule has 1 fully saturated rings. The first-order valence-electron chi connectivity index (χ1n) is 10.5. The lowest BCUT2D eigenvalue weighted by Crippen LogP contribution is -2.51. The van der Waals surface area contributed by atoms with Crippen LogP contribution in [0.3, 0.4) is 0 Å². The number of carbonyl (C=O) groups excluding carboxylic acids is 2. The van der Waals surface area contributed by atoms with Gasteiger partial charge in [0.25, 0.3) is 11.5 Å². The van der Waals surface area contributed by atoms with Crippen molar-refractivity contribution in [3.8, 4) is 0 Å². The molecule has 2 aromatic heterocycles. The molecule has 9 heteroatoms. The van der Waals surface area contributed by atoms with Crippen LogP contribution in [0.5, 0.6) is 0 Å². The highest BCUT2D eigenvalue weighted by atomic mass is 16.5. The molecule has 3 heterocycles. The van der Waals surface area contributed by atoms with Crippen molar-refractivity contribution < 1.29 is 14.1 Å². The zero-order valence-electron chi connectivity index (χ0n) is 18.2. The van der Waals surface area contributed by atoms with Crippen molar-refractivity contribution in [1.82, 2.24) is 24.7 Å². The van der Waals surface area contributed by atoms with E-state index in [0.717, 1.165) is 16.8 Å². The largest absolute Gasteiger partial charge is 0.361 e. The van der Waals surface area contributed by atoms with E-state index in [4.69, 9.17) is 4.52 Å². The molecule has 166 valence electrons. The van der Waals surface area contributed by atoms with Gasteiger partial charge in [0.1, 0.15) is 11.5 Å². The van der Waals surface area contributed by atoms with E-state index in [1.54, 1.807) is 16.7 Å². The number of piperazine rings is 1. The molecule has 0 spiro atoms. The van der Waals surface area contributed by atoms with Crippen LogP contribution in [-0.2, 0) is 17.8 Å². The predicted octanol–water partition coefficient (Wildman–Crippen LogP) is 1.42. The average Bonchev–Trinajstić information content (AvgIpc) is 3.13. The van der Waals surface area contributed by atoms with Gasteiger partial charge in [-0.3, -0.25) is 14.4 Å². The van der Waals surface area contributed by atoms with E-state index in [0.29, 0.717) is 38.5 Å². The second-order valence-corrected chi connectivity index (χ2v) is 7.85. The Kier molecular flexibility index (Phi) is 6.16. The first-order chi connectivity index (χ1) is 15.4. The molecular weight excluding hydrogens is 410 g/mol. The van der Waals surface area contributed by atoms with E-state index in [1.807, 2.05) is 37.3 Å². The zero-order valence-corrected chi connectivity index (χ0v) is 18.2. The Hall–Kier alpha value is -3.75. The maximum Gasteiger partial charge on any atom is 0.274 e. The number of hydrogen-bond donors (Lipinski definition) is 0. The van der Waals surface area contributed by atoms with E-state index < -0.39 is 0 Å². The summed E-state index contributed by atoms with van der Waals surface area (Å²) in [6, 6.07) is 12.3. The van der Waals surface area contributed by atoms with Crippen LogP contribution in [0.25, 0.3) is 0 Å². The van der Waals surface area contributed by atoms with Crippen molar-refractivity contribution in [1.29, 1.82) is 0 Å². The second-order valence-electron chi connectivity index (χ2n) is 7.85. The summed E-state index contributed by atoms with van der Waals surface area (Å²) in [5, 5.41) is 8.17. The van der Waals surface area contributed by atoms with Crippen LogP contribution in [0.1, 0.15) is 33.1 Å². The summed E-state index contributed by atoms with van der Waals surface area (Å²) in [6.45, 7) is 5.61. The zero-order chi connectivity index (χ0) is 22.7. The molecular formula is C23H25N5O4. The number of carbonyl (C=O) groups is 2. The molecule has 0 N–H and O–H groups in total. The molecule has 3 aromatic rings. The quantitative estimate of drug-likeness (QED) is 0.601. The summed E-state index contributed by atoms with van der Waals surface area (Å²) in [5.74, 6) is 0.395. The van der Waals surface area contributed by atoms with Crippen molar-refractivity contribution in [2.75, 3.05) is 26.2 Å². The summed E-state index contributed by atoms with van der Waals surface area (Å²) in [6.07, 6.45) is 0.237. The van der Waals surface area contributed by atoms with Crippen molar-refractivity contribution >= 4 is 11.8 Å². The summed E-state index contributed by atoms with van der Waals surface area (Å²) >= 11 is 0. The highest BCUT2D eigenvalue weighted by Gasteiger charge is 2.27. The standard InChI is InChI=1S/C23H25N5O4/c1-16-19(17(2)32-25-16)14-22(30)26-10-12-27(13-11-26)23(31)20-8-9-21(29)28(24-20)15-18-6-4-3-5-7-18/h3-9H,10-15H2,1-2H3. The maximum absolute atomic E-state index is 13.0. The number of rotatable bonds is 5. The van der Waals surface area contributed by atoms with Gasteiger partial charge in [-0.2, -0.15) is 5.10 Å². The molecule has 0 aliphatic carbocycles. The van der Waals surface area contributed by atoms with Crippen LogP contribution < -0.4 is 5.56 Å². The van der Waals surface area contributed by atoms with Crippen molar-refractivity contribution in [3.63, 3.8) is 0 Å². The summed E-state index contributed by atoms with van der Waals surface area (Å²) < 4.78 is 6.43. The van der Waals surface area contributed by atoms with Gasteiger partial charge >= 0.3 is 0 Å². The van der Waals surface area contributed by atoms with Gasteiger partial charge in [0.15, 0.2) is 0 Å². The van der Waals surface area contributed by atoms with Gasteiger partial charge in [0.05, 0.1) is 18.7 Å². The van der Waals surface area contributed by atoms with Gasteiger partial charge in [0.2, 0.25) is 5.91 Å². The smallest absolute Gasteiger partial charge is 0.274 e. The number of nitrogens with zero attached hydrogens (tertiary/aromatic N) is 5. The third kappa shape index (κ3) is 4.61. The Morgan fingerprint density at radius 3 is 2.31 bits per heavy atom. The lowest BCUT2D eigenvalue weighted by molar-refractivity contribution is -0.131. The highest BCUT2D eigenvalue weighted by molar-refractivity contribution is 5.92. The first kappa shape index (κ1) is 21.5. The van der Waals surface area contributed by atoms with Crippen molar-refractivity contribution in [2.45, 2.75) is 26.8 Å². The molecule has 0 unspecified atom stereocenters. The van der Waals surface area contributed by atoms with Gasteiger partial charge in [-0.1, -0.05) is 35.5 Å². The van der Waals surface area contributed by atoms with Crippen molar-refractivity contribution in [3.05, 3.63) is 81.1 Å². The van der Waals surface area contributed by atoms with Crippen LogP contribution in [0.15, 0.2) is 51.8 Å². The van der Waals surface area contributed by atoms with Gasteiger partial charge in [0, 0.05) is 37.8 Å². The van der Waals surface area contributed by atoms with E-state index in [2.05, 4.69) is 10.3 Å². The van der Waals surface area contributed by atoms with Crippen molar-refractivity contribution in [2.24, 2.45) is 0 Å². The lowest BCUT2D eigenvalue weighted by atomic mass is 10.1. The molecule has 9 nitrogen and oxygen atoms in total. The summed E-state index contributed by atoms with van der Waals surface area (Å²) in [4.78, 5) is 41.2. The van der Waals surface area contributed by atoms with Gasteiger partial charge in [-0.05, 0) is 25.5 Å². The predicted molar refractivity (Wildman–Crippen MR) is 116 cm³/mol. The van der Waals surface area contributed by atoms with E-state index >= 15 is 0 Å². The fraction of sp³-hybridized carbons (Fsp3) is 0.348. The molecule has 0 saturated carbocycles. The molecule has 1 aliphatic rings. The van der Waals surface area contributed by atoms with Gasteiger partial charge < -0.3 is 14.3 Å². The first-order valence-corrected chi connectivity index (χ1v) is 10.5. The lowest BCUT2D eigenvalue weighted by Gasteiger charge is -2.34. The Balaban J connectivity index is 1.38. The van der Waals surface area contributed by atoms with Gasteiger partial charge in [-0.15, -0.1) is 0 Å². The molecule has 2 amide bonds. The number of amides is 2. The number of aryl methyl sites for hydroxylation is 2. The minimum absolute atomic E-state index is 0.0129. The second kappa shape index (κ2) is 9.17. The Morgan fingerprint density at radius 1 is 0.969 bits per heavy atom. The number of hydrogen-bond acceptors (Lipinski definition) is 6. The molecule has 32 heavy (non-hydrogen) atoms. The minimum Gasteiger partial charge on any atom is -0.361 e. The van der Waals surface area contributed by atoms with Crippen LogP contribution in [-0.4, -0.2) is 62.7 Å². The molecule has 1 saturated heterocycles. The fourth-order valence-corrected chi connectivity index (χ4v) is 3.77. The van der Waals surface area contributed by atoms with Crippen LogP contribution >= 0.6 is 0 Å². The van der Waals surface area contributed by atoms with Crippen LogP contribution in [0, 0.1) is 13.8 Å². The maximum atomic E-state index is 13.0. The summed E-state index contributed by atoms with van der Waals surface area (Å²) in [5.41, 5.74) is 2.42. The molecule has 1 aromatic carbocycles. The molecule has 4 rings (SSSR count). The topological polar surface area (TPSA) is 102 Å². The van der Waals surface area contributed by atoms with Gasteiger partial charge in [-0.25, -0.2) is 4.68 Å². The molecule has 0 atom stereocenters. The normalized spacial score (nSPS) is 13.9. The van der Waals surface area contributed by atoms with Crippen LogP contribution in [0.4, 0.5) is 0 Å². The molecule has 1 aliphatic heterocycles. The molecule has 0 bridgehead atoms. The van der Waals surface area contributed by atoms with E-state index in [9.17, 15) is 14.4 Å². The number of benzene rings is 1. The third-order valence-corrected chi connectivity index (χ3v) is 5.69. The van der Waals surface area contributed by atoms with E-state index in [1.165, 1.54) is 16.8 Å². The Morgan fingerprint density at radius 2 is 1.66 bits per heavy atom. The Labute approximate surface area is 185 Å². The average molecular weight is 435 g/mol. The molecule has 0 radical (unpaired) electrons. The Bertz CT molecular complexity index is 1160. The number of aromatic nitrogens is 3. The monoisotopic (exact) mass is 435 g/mol. The fourth-order valence-electron chi connectivity index (χ4n) is 3.77. The third-order valence-electron chi connectivity index (χ3n) is 5.69. The SMILES string of the molecule is Cc1noc(C)c1CC(=O)N1CCN(C(=O)c2ccc(=O)n(Cc3ccccc3)n2)CC1.